The second-order valence-corrected chi connectivity index (χ2v) is 32.3. The minimum atomic E-state index is -0.721. The Morgan fingerprint density at radius 2 is 0.698 bits per heavy atom. The molecule has 3 N–H and O–H groups in total. The molecule has 106 heavy (non-hydrogen) atoms. The number of urea groups is 3. The van der Waals surface area contributed by atoms with Crippen LogP contribution >= 0.6 is 0 Å². The van der Waals surface area contributed by atoms with Crippen LogP contribution in [0, 0.1) is 0 Å². The Labute approximate surface area is 633 Å². The monoisotopic (exact) mass is 1480 g/mol. The molecule has 0 aromatic carbocycles. The molecule has 0 unspecified atom stereocenters. The second kappa shape index (κ2) is 47.5. The number of hydrogen-bond acceptors (Lipinski definition) is 16. The topological polar surface area (TPSA) is 268 Å². The molecule has 0 aliphatic heterocycles. The van der Waals surface area contributed by atoms with Gasteiger partial charge in [-0.3, -0.25) is 4.99 Å². The molecular weight excluding hydrogens is 1340 g/mol. The molecule has 594 valence electrons. The molecule has 6 amide bonds. The lowest BCUT2D eigenvalue weighted by Gasteiger charge is -2.34. The van der Waals surface area contributed by atoms with Crippen molar-refractivity contribution in [2.45, 2.75) is 415 Å². The van der Waals surface area contributed by atoms with E-state index in [9.17, 15) is 24.0 Å². The van der Waals surface area contributed by atoms with Crippen molar-refractivity contribution in [3.05, 3.63) is 26.7 Å². The lowest BCUT2D eigenvalue weighted by atomic mass is 9.94. The molecule has 1 heterocycles. The predicted molar refractivity (Wildman–Crippen MR) is 422 cm³/mol. The van der Waals surface area contributed by atoms with Gasteiger partial charge in [0.25, 0.3) is 6.02 Å². The molecule has 24 nitrogen and oxygen atoms in total. The number of hydrogen-bond donors (Lipinski definition) is 3. The number of carbonyl (C=O) groups is 3. The fourth-order valence-electron chi connectivity index (χ4n) is 17.5. The smallest absolute Gasteiger partial charge is 0.425 e. The molecule has 9 aliphatic carbocycles. The van der Waals surface area contributed by atoms with Gasteiger partial charge in [-0.25, -0.2) is 67.8 Å². The summed E-state index contributed by atoms with van der Waals surface area (Å²) in [6.07, 6.45) is 56.8. The molecule has 0 saturated heterocycles. The van der Waals surface area contributed by atoms with Gasteiger partial charge in [0.1, 0.15) is 0 Å². The van der Waals surface area contributed by atoms with Crippen molar-refractivity contribution >= 4 is 53.3 Å². The normalized spacial score (nSPS) is 20.9. The number of nitrogens with one attached hydrogen (secondary N) is 3. The molecule has 0 atom stereocenters. The van der Waals surface area contributed by atoms with E-state index in [0.717, 1.165) is 300 Å². The van der Waals surface area contributed by atoms with Gasteiger partial charge in [-0.2, -0.15) is 0 Å². The summed E-state index contributed by atoms with van der Waals surface area (Å²) in [6, 6.07) is 1.03. The van der Waals surface area contributed by atoms with Crippen LogP contribution in [0.5, 0.6) is 0 Å². The quantitative estimate of drug-likeness (QED) is 0.0276. The van der Waals surface area contributed by atoms with Crippen molar-refractivity contribution in [1.82, 2.24) is 39.8 Å². The molecule has 9 saturated carbocycles. The van der Waals surface area contributed by atoms with E-state index < -0.39 is 11.4 Å². The van der Waals surface area contributed by atoms with E-state index in [4.69, 9.17) is 43.8 Å². The van der Waals surface area contributed by atoms with E-state index in [2.05, 4.69) is 26.3 Å². The Kier molecular flexibility index (Phi) is 36.8. The molecule has 0 radical (unpaired) electrons. The number of rotatable bonds is 31. The molecule has 0 spiro atoms. The van der Waals surface area contributed by atoms with Gasteiger partial charge in [0.15, 0.2) is 6.73 Å². The second-order valence-electron chi connectivity index (χ2n) is 32.3. The minimum absolute atomic E-state index is 0.000886. The average Bonchev–Trinajstić information content (AvgIpc) is 0.818. The Morgan fingerprint density at radius 3 is 1.10 bits per heavy atom. The number of amides is 6. The summed E-state index contributed by atoms with van der Waals surface area (Å²) in [7, 11) is 0. The summed E-state index contributed by atoms with van der Waals surface area (Å²) >= 11 is 0. The highest BCUT2D eigenvalue weighted by molar-refractivity contribution is 5.96. The van der Waals surface area contributed by atoms with Crippen LogP contribution in [-0.4, -0.2) is 146 Å². The number of amidine groups is 3. The standard InChI is InChI=1S/C82H137N15O9/c98-74(95(71-52-28-13-29-53-71)78(88-66-42-18-8-19-43-66)103-64-87-65-40-16-7-17-41-65)83-58-34-1-2-37-61-86-77-93(62-38-5-3-35-59-84-75(99)96(72-54-30-14-31-55-72)79(89-67-44-20-9-21-45-67)105-91-69-48-24-11-25-49-69)81(101)94(82(102)104-77)63-39-6-4-36-60-85-76(100)97(73-56-32-15-33-57-73)80(90-68-46-22-10-23-47-68)106-92-70-50-26-12-27-51-70/h66-68,71-73H,1-64H2,(H,83,98)(H,84,99)(H,85,100)/b86-77-,88-78-,89-79-,90-80-. The molecule has 0 bridgehead atoms. The van der Waals surface area contributed by atoms with Gasteiger partial charge < -0.3 is 34.8 Å². The number of carbonyl (C=O) groups excluding carboxylic acids is 3. The summed E-state index contributed by atoms with van der Waals surface area (Å²) in [4.78, 5) is 115. The van der Waals surface area contributed by atoms with Crippen LogP contribution in [0.3, 0.4) is 0 Å². The van der Waals surface area contributed by atoms with Crippen LogP contribution in [0.15, 0.2) is 49.3 Å². The van der Waals surface area contributed by atoms with Gasteiger partial charge >= 0.3 is 47.3 Å². The van der Waals surface area contributed by atoms with E-state index in [-0.39, 0.29) is 73.3 Å². The maximum Gasteiger partial charge on any atom is 0.425 e. The fourth-order valence-corrected chi connectivity index (χ4v) is 17.5. The molecule has 1 aromatic heterocycles. The SMILES string of the molecule is O=C(NCCCCCC/N=c1\oc(=O)n(CCCCCCNC(=O)N(/C(=N/C2CCCCC2)ON=C2CCCCC2)C2CCCCC2)c(=O)n1CCCCCCNC(=O)N(/C(=N/C1CCCCC1)ON=C1CCCCC1)C1CCCCC1)N(/C(=N/C1CCCCC1)OCN=C1CCCCC1)C1CCCCC1. The Bertz CT molecular complexity index is 3150. The maximum atomic E-state index is 14.6. The number of aliphatic imine (C=N–C) groups is 4. The van der Waals surface area contributed by atoms with Crippen LogP contribution in [0.4, 0.5) is 14.4 Å². The third kappa shape index (κ3) is 27.9. The van der Waals surface area contributed by atoms with Crippen molar-refractivity contribution in [2.75, 3.05) is 32.9 Å². The molecular formula is C82H137N15O9. The summed E-state index contributed by atoms with van der Waals surface area (Å²) in [5, 5.41) is 19.0. The highest BCUT2D eigenvalue weighted by Gasteiger charge is 2.36. The zero-order valence-corrected chi connectivity index (χ0v) is 65.3. The minimum Gasteiger partial charge on any atom is -0.442 e. The number of aromatic nitrogens is 2. The van der Waals surface area contributed by atoms with Gasteiger partial charge in [0.05, 0.1) is 29.5 Å². The number of ether oxygens (including phenoxy) is 1. The first-order chi connectivity index (χ1) is 52.2. The summed E-state index contributed by atoms with van der Waals surface area (Å²) in [6.45, 7) is 2.53. The first-order valence-electron chi connectivity index (χ1n) is 43.6. The van der Waals surface area contributed by atoms with Gasteiger partial charge in [-0.1, -0.05) is 184 Å². The average molecular weight is 1480 g/mol. The van der Waals surface area contributed by atoms with Crippen molar-refractivity contribution in [3.63, 3.8) is 0 Å². The van der Waals surface area contributed by atoms with Crippen LogP contribution < -0.4 is 33.1 Å². The van der Waals surface area contributed by atoms with Gasteiger partial charge in [0, 0.05) is 63.1 Å². The number of unbranched alkanes of at least 4 members (excludes halogenated alkanes) is 9. The van der Waals surface area contributed by atoms with Crippen molar-refractivity contribution in [2.24, 2.45) is 35.3 Å². The highest BCUT2D eigenvalue weighted by atomic mass is 16.7. The Balaban J connectivity index is 0.746. The lowest BCUT2D eigenvalue weighted by Crippen LogP contribution is -2.51. The molecule has 10 rings (SSSR count). The molecule has 1 aromatic rings. The van der Waals surface area contributed by atoms with Crippen molar-refractivity contribution < 1.29 is 33.2 Å². The van der Waals surface area contributed by atoms with Crippen LogP contribution in [-0.2, 0) is 27.5 Å². The van der Waals surface area contributed by atoms with Crippen LogP contribution in [0.25, 0.3) is 0 Å². The van der Waals surface area contributed by atoms with Gasteiger partial charge in [-0.15, -0.1) is 0 Å². The van der Waals surface area contributed by atoms with E-state index in [0.29, 0.717) is 70.1 Å². The molecule has 24 heteroatoms. The third-order valence-corrected chi connectivity index (χ3v) is 23.9. The highest BCUT2D eigenvalue weighted by Crippen LogP contribution is 2.31. The maximum absolute atomic E-state index is 14.6. The summed E-state index contributed by atoms with van der Waals surface area (Å²) in [5.74, 6) is -0.721. The number of oxime groups is 2. The first-order valence-corrected chi connectivity index (χ1v) is 43.6. The van der Waals surface area contributed by atoms with E-state index in [1.165, 1.54) is 72.6 Å². The van der Waals surface area contributed by atoms with Gasteiger partial charge in [0.2, 0.25) is 0 Å². The molecule has 9 fully saturated rings. The van der Waals surface area contributed by atoms with Crippen LogP contribution in [0.2, 0.25) is 0 Å². The van der Waals surface area contributed by atoms with E-state index in [1.807, 2.05) is 4.90 Å². The third-order valence-electron chi connectivity index (χ3n) is 23.9. The Hall–Kier alpha value is -6.36. The van der Waals surface area contributed by atoms with Crippen molar-refractivity contribution in [3.8, 4) is 0 Å². The predicted octanol–water partition coefficient (Wildman–Crippen LogP) is 17.3. The fraction of sp³-hybridized carbons (Fsp3) is 0.854. The zero-order chi connectivity index (χ0) is 73.4. The lowest BCUT2D eigenvalue weighted by molar-refractivity contribution is 0.164. The zero-order valence-electron chi connectivity index (χ0n) is 65.3. The number of nitrogens with zero attached hydrogens (tertiary/aromatic N) is 12. The largest absolute Gasteiger partial charge is 0.442 e. The summed E-state index contributed by atoms with van der Waals surface area (Å²) < 4.78 is 15.2. The Morgan fingerprint density at radius 1 is 0.368 bits per heavy atom. The van der Waals surface area contributed by atoms with E-state index >= 15 is 0 Å². The van der Waals surface area contributed by atoms with Gasteiger partial charge in [-0.05, 0) is 193 Å². The van der Waals surface area contributed by atoms with Crippen LogP contribution in [0.1, 0.15) is 366 Å². The first kappa shape index (κ1) is 82.1. The van der Waals surface area contributed by atoms with Crippen molar-refractivity contribution in [1.29, 1.82) is 0 Å². The molecule has 9 aliphatic rings. The summed E-state index contributed by atoms with van der Waals surface area (Å²) in [5.41, 5.74) is 2.91. The van der Waals surface area contributed by atoms with E-state index in [1.54, 1.807) is 9.80 Å².